The Balaban J connectivity index is 1.87. The van der Waals surface area contributed by atoms with Crippen LogP contribution < -0.4 is 20.3 Å². The molecule has 26 heavy (non-hydrogen) atoms. The number of urea groups is 1. The van der Waals surface area contributed by atoms with E-state index in [0.29, 0.717) is 0 Å². The molecule has 0 aromatic heterocycles. The van der Waals surface area contributed by atoms with Crippen molar-refractivity contribution < 1.29 is 9.53 Å². The van der Waals surface area contributed by atoms with Crippen LogP contribution in [-0.2, 0) is 0 Å². The number of ether oxygens (including phenoxy) is 1. The SMILES string of the molecule is CCN(CC)c1ccc(NC(=O)NCOc2c(C)ccc(C)c2C)cc1. The zero-order chi connectivity index (χ0) is 19.1. The van der Waals surface area contributed by atoms with E-state index in [4.69, 9.17) is 4.74 Å². The quantitative estimate of drug-likeness (QED) is 0.713. The second-order valence-corrected chi connectivity index (χ2v) is 6.29. The van der Waals surface area contributed by atoms with E-state index in [1.807, 2.05) is 51.1 Å². The fraction of sp³-hybridized carbons (Fsp3) is 0.381. The van der Waals surface area contributed by atoms with Crippen molar-refractivity contribution in [3.05, 3.63) is 53.1 Å². The summed E-state index contributed by atoms with van der Waals surface area (Å²) in [7, 11) is 0. The number of anilines is 2. The lowest BCUT2D eigenvalue weighted by atomic mass is 10.1. The predicted octanol–water partition coefficient (Wildman–Crippen LogP) is 4.62. The van der Waals surface area contributed by atoms with Gasteiger partial charge in [-0.1, -0.05) is 12.1 Å². The number of rotatable bonds is 7. The molecule has 2 aromatic carbocycles. The molecule has 5 heteroatoms. The van der Waals surface area contributed by atoms with Crippen molar-refractivity contribution in [2.45, 2.75) is 34.6 Å². The number of aryl methyl sites for hydroxylation is 2. The summed E-state index contributed by atoms with van der Waals surface area (Å²) in [6, 6.07) is 11.6. The number of benzene rings is 2. The molecule has 140 valence electrons. The molecule has 0 atom stereocenters. The summed E-state index contributed by atoms with van der Waals surface area (Å²) in [5.74, 6) is 0.828. The van der Waals surface area contributed by atoms with Crippen molar-refractivity contribution in [2.24, 2.45) is 0 Å². The Bertz CT molecular complexity index is 738. The first-order valence-corrected chi connectivity index (χ1v) is 9.05. The first kappa shape index (κ1) is 19.6. The van der Waals surface area contributed by atoms with E-state index in [-0.39, 0.29) is 12.8 Å². The third-order valence-corrected chi connectivity index (χ3v) is 4.58. The fourth-order valence-corrected chi connectivity index (χ4v) is 2.84. The molecule has 0 heterocycles. The number of carbonyl (C=O) groups is 1. The summed E-state index contributed by atoms with van der Waals surface area (Å²) in [5, 5.41) is 5.55. The van der Waals surface area contributed by atoms with Crippen LogP contribution in [-0.4, -0.2) is 25.9 Å². The van der Waals surface area contributed by atoms with Crippen LogP contribution in [0.25, 0.3) is 0 Å². The summed E-state index contributed by atoms with van der Waals surface area (Å²) in [6.45, 7) is 12.4. The number of hydrogen-bond acceptors (Lipinski definition) is 3. The maximum Gasteiger partial charge on any atom is 0.321 e. The largest absolute Gasteiger partial charge is 0.473 e. The Morgan fingerprint density at radius 2 is 1.58 bits per heavy atom. The fourth-order valence-electron chi connectivity index (χ4n) is 2.84. The highest BCUT2D eigenvalue weighted by atomic mass is 16.5. The van der Waals surface area contributed by atoms with Crippen molar-refractivity contribution >= 4 is 17.4 Å². The molecule has 0 aliphatic carbocycles. The minimum Gasteiger partial charge on any atom is -0.473 e. The zero-order valence-electron chi connectivity index (χ0n) is 16.3. The lowest BCUT2D eigenvalue weighted by molar-refractivity contribution is 0.234. The Morgan fingerprint density at radius 3 is 2.19 bits per heavy atom. The van der Waals surface area contributed by atoms with Gasteiger partial charge >= 0.3 is 6.03 Å². The van der Waals surface area contributed by atoms with Gasteiger partial charge in [0.15, 0.2) is 6.73 Å². The molecule has 2 rings (SSSR count). The average molecular weight is 355 g/mol. The van der Waals surface area contributed by atoms with Crippen molar-refractivity contribution in [1.29, 1.82) is 0 Å². The topological polar surface area (TPSA) is 53.6 Å². The highest BCUT2D eigenvalue weighted by Crippen LogP contribution is 2.25. The van der Waals surface area contributed by atoms with Gasteiger partial charge < -0.3 is 20.3 Å². The van der Waals surface area contributed by atoms with E-state index in [2.05, 4.69) is 35.4 Å². The van der Waals surface area contributed by atoms with Crippen LogP contribution in [0.1, 0.15) is 30.5 Å². The molecular formula is C21H29N3O2. The van der Waals surface area contributed by atoms with Gasteiger partial charge in [-0.15, -0.1) is 0 Å². The van der Waals surface area contributed by atoms with E-state index < -0.39 is 0 Å². The Kier molecular flexibility index (Phi) is 6.89. The molecule has 5 nitrogen and oxygen atoms in total. The van der Waals surface area contributed by atoms with Crippen molar-refractivity contribution in [3.63, 3.8) is 0 Å². The van der Waals surface area contributed by atoms with Gasteiger partial charge in [0.1, 0.15) is 5.75 Å². The van der Waals surface area contributed by atoms with Crippen LogP contribution in [0.5, 0.6) is 5.75 Å². The summed E-state index contributed by atoms with van der Waals surface area (Å²) >= 11 is 0. The van der Waals surface area contributed by atoms with Gasteiger partial charge in [0.25, 0.3) is 0 Å². The Hall–Kier alpha value is -2.69. The number of amides is 2. The molecule has 2 N–H and O–H groups in total. The molecule has 0 bridgehead atoms. The Labute approximate surface area is 156 Å². The first-order valence-electron chi connectivity index (χ1n) is 9.05. The predicted molar refractivity (Wildman–Crippen MR) is 108 cm³/mol. The van der Waals surface area contributed by atoms with Crippen LogP contribution in [0.15, 0.2) is 36.4 Å². The minimum absolute atomic E-state index is 0.120. The number of nitrogens with one attached hydrogen (secondary N) is 2. The molecule has 0 unspecified atom stereocenters. The van der Waals surface area contributed by atoms with Gasteiger partial charge in [0.2, 0.25) is 0 Å². The van der Waals surface area contributed by atoms with Gasteiger partial charge in [-0.2, -0.15) is 0 Å². The highest BCUT2D eigenvalue weighted by molar-refractivity contribution is 5.89. The molecule has 0 saturated heterocycles. The Morgan fingerprint density at radius 1 is 0.962 bits per heavy atom. The smallest absolute Gasteiger partial charge is 0.321 e. The maximum absolute atomic E-state index is 12.1. The molecule has 0 fully saturated rings. The summed E-state index contributed by atoms with van der Waals surface area (Å²) in [4.78, 5) is 14.3. The molecule has 2 amide bonds. The minimum atomic E-state index is -0.288. The molecule has 2 aromatic rings. The molecule has 0 radical (unpaired) electrons. The summed E-state index contributed by atoms with van der Waals surface area (Å²) in [6.07, 6.45) is 0. The second kappa shape index (κ2) is 9.13. The van der Waals surface area contributed by atoms with Crippen LogP contribution >= 0.6 is 0 Å². The average Bonchev–Trinajstić information content (AvgIpc) is 2.63. The number of carbonyl (C=O) groups excluding carboxylic acids is 1. The van der Waals surface area contributed by atoms with Gasteiger partial charge in [-0.25, -0.2) is 4.79 Å². The molecule has 0 aliphatic heterocycles. The number of hydrogen-bond donors (Lipinski definition) is 2. The zero-order valence-corrected chi connectivity index (χ0v) is 16.3. The van der Waals surface area contributed by atoms with Gasteiger partial charge in [0.05, 0.1) is 0 Å². The van der Waals surface area contributed by atoms with Crippen LogP contribution in [0, 0.1) is 20.8 Å². The van der Waals surface area contributed by atoms with E-state index in [0.717, 1.165) is 41.3 Å². The van der Waals surface area contributed by atoms with Crippen LogP contribution in [0.4, 0.5) is 16.2 Å². The van der Waals surface area contributed by atoms with Crippen LogP contribution in [0.3, 0.4) is 0 Å². The van der Waals surface area contributed by atoms with Gasteiger partial charge in [-0.05, 0) is 75.6 Å². The van der Waals surface area contributed by atoms with Gasteiger partial charge in [0, 0.05) is 24.5 Å². The standard InChI is InChI=1S/C21H29N3O2/c1-6-24(7-2)19-12-10-18(11-13-19)23-21(25)22-14-26-20-16(4)9-8-15(3)17(20)5/h8-13H,6-7,14H2,1-5H3,(H2,22,23,25). The van der Waals surface area contributed by atoms with Crippen molar-refractivity contribution in [2.75, 3.05) is 30.0 Å². The monoisotopic (exact) mass is 355 g/mol. The van der Waals surface area contributed by atoms with E-state index in [1.165, 1.54) is 5.56 Å². The second-order valence-electron chi connectivity index (χ2n) is 6.29. The molecular weight excluding hydrogens is 326 g/mol. The van der Waals surface area contributed by atoms with Crippen molar-refractivity contribution in [1.82, 2.24) is 5.32 Å². The van der Waals surface area contributed by atoms with Gasteiger partial charge in [-0.3, -0.25) is 0 Å². The third kappa shape index (κ3) is 4.91. The molecule has 0 aliphatic rings. The van der Waals surface area contributed by atoms with E-state index >= 15 is 0 Å². The first-order chi connectivity index (χ1) is 12.5. The van der Waals surface area contributed by atoms with Crippen LogP contribution in [0.2, 0.25) is 0 Å². The molecule has 0 saturated carbocycles. The van der Waals surface area contributed by atoms with Crippen molar-refractivity contribution in [3.8, 4) is 5.75 Å². The summed E-state index contributed by atoms with van der Waals surface area (Å²) in [5.41, 5.74) is 5.22. The molecule has 0 spiro atoms. The maximum atomic E-state index is 12.1. The lowest BCUT2D eigenvalue weighted by Gasteiger charge is -2.21. The lowest BCUT2D eigenvalue weighted by Crippen LogP contribution is -2.32. The third-order valence-electron chi connectivity index (χ3n) is 4.58. The van der Waals surface area contributed by atoms with E-state index in [9.17, 15) is 4.79 Å². The number of nitrogens with zero attached hydrogens (tertiary/aromatic N) is 1. The summed E-state index contributed by atoms with van der Waals surface area (Å²) < 4.78 is 5.76. The normalized spacial score (nSPS) is 10.3. The highest BCUT2D eigenvalue weighted by Gasteiger charge is 2.08. The van der Waals surface area contributed by atoms with E-state index in [1.54, 1.807) is 0 Å².